The maximum Gasteiger partial charge on any atom is 0.324 e. The summed E-state index contributed by atoms with van der Waals surface area (Å²) in [7, 11) is -3.82. The molecule has 9 nitrogen and oxygen atoms in total. The highest BCUT2D eigenvalue weighted by atomic mass is 32.2. The Labute approximate surface area is 180 Å². The lowest BCUT2D eigenvalue weighted by Crippen LogP contribution is -2.33. The largest absolute Gasteiger partial charge is 0.329 e. The van der Waals surface area contributed by atoms with Crippen LogP contribution < -0.4 is 14.9 Å². The maximum absolute atomic E-state index is 12.9. The molecule has 2 N–H and O–H groups in total. The van der Waals surface area contributed by atoms with Crippen molar-refractivity contribution in [1.82, 2.24) is 10.2 Å². The van der Waals surface area contributed by atoms with E-state index in [0.717, 1.165) is 16.2 Å². The normalized spacial score (nSPS) is 18.2. The minimum atomic E-state index is -3.82. The first-order valence-electron chi connectivity index (χ1n) is 9.78. The lowest BCUT2D eigenvalue weighted by atomic mass is 10.1. The second-order valence-electron chi connectivity index (χ2n) is 7.67. The maximum atomic E-state index is 12.9. The molecule has 2 aromatic carbocycles. The van der Waals surface area contributed by atoms with Gasteiger partial charge >= 0.3 is 6.03 Å². The summed E-state index contributed by atoms with van der Waals surface area (Å²) in [4.78, 5) is 38.1. The monoisotopic (exact) mass is 442 g/mol. The fourth-order valence-corrected chi connectivity index (χ4v) is 5.05. The minimum Gasteiger partial charge on any atom is -0.329 e. The molecule has 0 saturated carbocycles. The highest BCUT2D eigenvalue weighted by molar-refractivity contribution is 7.92. The van der Waals surface area contributed by atoms with Crippen molar-refractivity contribution in [3.63, 3.8) is 0 Å². The molecular weight excluding hydrogens is 420 g/mol. The molecule has 4 amide bonds. The number of sulfonamides is 1. The van der Waals surface area contributed by atoms with Gasteiger partial charge in [-0.1, -0.05) is 12.1 Å². The van der Waals surface area contributed by atoms with E-state index in [4.69, 9.17) is 0 Å². The van der Waals surface area contributed by atoms with Crippen molar-refractivity contribution < 1.29 is 22.8 Å². The van der Waals surface area contributed by atoms with Gasteiger partial charge in [0.25, 0.3) is 10.0 Å². The molecule has 0 spiro atoms. The van der Waals surface area contributed by atoms with Crippen molar-refractivity contribution >= 4 is 39.2 Å². The van der Waals surface area contributed by atoms with Crippen LogP contribution in [0.3, 0.4) is 0 Å². The number of benzene rings is 2. The average molecular weight is 442 g/mol. The van der Waals surface area contributed by atoms with Gasteiger partial charge in [0.15, 0.2) is 0 Å². The van der Waals surface area contributed by atoms with Crippen molar-refractivity contribution in [3.8, 4) is 0 Å². The quantitative estimate of drug-likeness (QED) is 0.686. The van der Waals surface area contributed by atoms with Gasteiger partial charge in [-0.2, -0.15) is 0 Å². The molecule has 162 valence electrons. The number of nitrogens with zero attached hydrogens (tertiary/aromatic N) is 2. The van der Waals surface area contributed by atoms with Crippen molar-refractivity contribution in [3.05, 3.63) is 53.6 Å². The Bertz CT molecular complexity index is 1160. The van der Waals surface area contributed by atoms with E-state index in [9.17, 15) is 22.8 Å². The Morgan fingerprint density at radius 1 is 1.16 bits per heavy atom. The third kappa shape index (κ3) is 3.98. The molecule has 2 aliphatic rings. The first-order chi connectivity index (χ1) is 14.7. The van der Waals surface area contributed by atoms with Crippen LogP contribution in [0, 0.1) is 0 Å². The predicted octanol–water partition coefficient (Wildman–Crippen LogP) is 1.84. The number of fused-ring (bicyclic) bond motifs is 1. The minimum absolute atomic E-state index is 0.0134. The van der Waals surface area contributed by atoms with Gasteiger partial charge in [0.1, 0.15) is 0 Å². The zero-order chi connectivity index (χ0) is 22.3. The summed E-state index contributed by atoms with van der Waals surface area (Å²) < 4.78 is 28.2. The van der Waals surface area contributed by atoms with Gasteiger partial charge in [0, 0.05) is 24.3 Å². The molecule has 2 heterocycles. The molecule has 1 saturated heterocycles. The van der Waals surface area contributed by atoms with Crippen molar-refractivity contribution in [2.24, 2.45) is 0 Å². The summed E-state index contributed by atoms with van der Waals surface area (Å²) in [6, 6.07) is 10.8. The van der Waals surface area contributed by atoms with E-state index in [-0.39, 0.29) is 35.8 Å². The van der Waals surface area contributed by atoms with E-state index in [1.807, 2.05) is 6.92 Å². The first kappa shape index (κ1) is 20.9. The van der Waals surface area contributed by atoms with Crippen LogP contribution in [-0.4, -0.2) is 43.7 Å². The number of amides is 4. The van der Waals surface area contributed by atoms with Gasteiger partial charge < -0.3 is 10.2 Å². The molecule has 0 radical (unpaired) electrons. The van der Waals surface area contributed by atoms with E-state index in [1.165, 1.54) is 13.0 Å². The summed E-state index contributed by atoms with van der Waals surface area (Å²) in [6.45, 7) is 3.52. The second kappa shape index (κ2) is 7.69. The molecule has 1 atom stereocenters. The molecule has 4 rings (SSSR count). The van der Waals surface area contributed by atoms with Gasteiger partial charge in [0.2, 0.25) is 11.8 Å². The van der Waals surface area contributed by atoms with Crippen LogP contribution in [0.2, 0.25) is 0 Å². The van der Waals surface area contributed by atoms with Crippen LogP contribution in [-0.2, 0) is 32.6 Å². The van der Waals surface area contributed by atoms with Crippen LogP contribution in [0.1, 0.15) is 25.0 Å². The summed E-state index contributed by atoms with van der Waals surface area (Å²) in [5.74, 6) is -0.378. The molecule has 0 aliphatic carbocycles. The third-order valence-corrected chi connectivity index (χ3v) is 6.78. The highest BCUT2D eigenvalue weighted by Crippen LogP contribution is 2.34. The van der Waals surface area contributed by atoms with Crippen LogP contribution in [0.15, 0.2) is 47.4 Å². The Kier molecular flexibility index (Phi) is 5.18. The number of imide groups is 1. The van der Waals surface area contributed by atoms with Crippen LogP contribution in [0.25, 0.3) is 0 Å². The average Bonchev–Trinajstić information content (AvgIpc) is 3.21. The molecule has 1 fully saturated rings. The number of anilines is 2. The zero-order valence-electron chi connectivity index (χ0n) is 17.1. The Hall–Kier alpha value is -3.40. The second-order valence-corrected chi connectivity index (χ2v) is 9.36. The molecule has 10 heteroatoms. The fraction of sp³-hybridized carbons (Fsp3) is 0.286. The van der Waals surface area contributed by atoms with E-state index in [2.05, 4.69) is 10.0 Å². The molecule has 1 unspecified atom stereocenters. The summed E-state index contributed by atoms with van der Waals surface area (Å²) >= 11 is 0. The lowest BCUT2D eigenvalue weighted by Gasteiger charge is -2.20. The Balaban J connectivity index is 1.49. The van der Waals surface area contributed by atoms with Gasteiger partial charge in [0.05, 0.1) is 18.0 Å². The Morgan fingerprint density at radius 3 is 2.48 bits per heavy atom. The number of carbonyl (C=O) groups is 3. The lowest BCUT2D eigenvalue weighted by molar-refractivity contribution is -0.125. The van der Waals surface area contributed by atoms with Crippen molar-refractivity contribution in [2.75, 3.05) is 16.2 Å². The van der Waals surface area contributed by atoms with E-state index >= 15 is 0 Å². The number of nitrogens with one attached hydrogen (secondary N) is 2. The van der Waals surface area contributed by atoms with Crippen molar-refractivity contribution in [2.45, 2.75) is 37.8 Å². The molecule has 2 aromatic rings. The number of rotatable bonds is 5. The standard InChI is InChI=1S/C21H22N4O5S/c1-13-9-16-10-18(7-8-19(16)25(13)14(2)26)31(29,30)23-17-5-3-15(4-6-17)12-24-20(27)11-22-21(24)28/h3-8,10,13,23H,9,11-12H2,1-2H3,(H,22,28). The molecule has 31 heavy (non-hydrogen) atoms. The predicted molar refractivity (Wildman–Crippen MR) is 114 cm³/mol. The van der Waals surface area contributed by atoms with E-state index in [1.54, 1.807) is 41.3 Å². The number of hydrogen-bond acceptors (Lipinski definition) is 5. The summed E-state index contributed by atoms with van der Waals surface area (Å²) in [5.41, 5.74) is 2.61. The van der Waals surface area contributed by atoms with Gasteiger partial charge in [-0.25, -0.2) is 13.2 Å². The molecule has 2 aliphatic heterocycles. The molecular formula is C21H22N4O5S. The first-order valence-corrected chi connectivity index (χ1v) is 11.3. The number of carbonyl (C=O) groups excluding carboxylic acids is 3. The van der Waals surface area contributed by atoms with E-state index in [0.29, 0.717) is 17.7 Å². The smallest absolute Gasteiger partial charge is 0.324 e. The number of hydrogen-bond donors (Lipinski definition) is 2. The molecule has 0 bridgehead atoms. The zero-order valence-corrected chi connectivity index (χ0v) is 17.9. The summed E-state index contributed by atoms with van der Waals surface area (Å²) in [6.07, 6.45) is 0.593. The van der Waals surface area contributed by atoms with Gasteiger partial charge in [-0.05, 0) is 54.8 Å². The topological polar surface area (TPSA) is 116 Å². The third-order valence-electron chi connectivity index (χ3n) is 5.40. The van der Waals surface area contributed by atoms with Crippen LogP contribution in [0.4, 0.5) is 16.2 Å². The summed E-state index contributed by atoms with van der Waals surface area (Å²) in [5, 5.41) is 2.45. The van der Waals surface area contributed by atoms with Crippen LogP contribution >= 0.6 is 0 Å². The fourth-order valence-electron chi connectivity index (χ4n) is 3.94. The van der Waals surface area contributed by atoms with Crippen molar-refractivity contribution in [1.29, 1.82) is 0 Å². The Morgan fingerprint density at radius 2 is 1.87 bits per heavy atom. The number of urea groups is 1. The van der Waals surface area contributed by atoms with Gasteiger partial charge in [-0.3, -0.25) is 19.2 Å². The molecule has 0 aromatic heterocycles. The van der Waals surface area contributed by atoms with E-state index < -0.39 is 16.1 Å². The van der Waals surface area contributed by atoms with Crippen LogP contribution in [0.5, 0.6) is 0 Å². The van der Waals surface area contributed by atoms with Gasteiger partial charge in [-0.15, -0.1) is 0 Å². The highest BCUT2D eigenvalue weighted by Gasteiger charge is 2.30. The SMILES string of the molecule is CC(=O)N1c2ccc(S(=O)(=O)Nc3ccc(CN4C(=O)CNC4=O)cc3)cc2CC1C.